The summed E-state index contributed by atoms with van der Waals surface area (Å²) in [5.41, 5.74) is 2.35. The summed E-state index contributed by atoms with van der Waals surface area (Å²) in [7, 11) is -3.35. The first kappa shape index (κ1) is 32.4. The van der Waals surface area contributed by atoms with Gasteiger partial charge in [-0.1, -0.05) is 48.0 Å². The van der Waals surface area contributed by atoms with E-state index in [0.717, 1.165) is 5.56 Å². The number of nitrogens with zero attached hydrogens (tertiary/aromatic N) is 5. The number of para-hydroxylation sites is 2. The van der Waals surface area contributed by atoms with Gasteiger partial charge in [-0.25, -0.2) is 0 Å². The Labute approximate surface area is 284 Å². The Morgan fingerprint density at radius 1 is 1.08 bits per heavy atom. The van der Waals surface area contributed by atoms with Crippen LogP contribution in [0, 0.1) is 5.92 Å². The third-order valence-corrected chi connectivity index (χ3v) is 12.5. The zero-order valence-corrected chi connectivity index (χ0v) is 28.7. The smallest absolute Gasteiger partial charge is 0.269 e. The van der Waals surface area contributed by atoms with Gasteiger partial charge in [0.15, 0.2) is 12.2 Å². The molecular weight excluding hydrogens is 653 g/mol. The summed E-state index contributed by atoms with van der Waals surface area (Å²) >= 11 is 6.53. The van der Waals surface area contributed by atoms with Crippen molar-refractivity contribution in [2.75, 3.05) is 23.0 Å². The molecule has 48 heavy (non-hydrogen) atoms. The van der Waals surface area contributed by atoms with Crippen molar-refractivity contribution < 1.29 is 28.3 Å². The lowest BCUT2D eigenvalue weighted by Gasteiger charge is -2.31. The molecule has 4 atom stereocenters. The number of hydrogen-bond acceptors (Lipinski definition) is 7. The van der Waals surface area contributed by atoms with E-state index in [4.69, 9.17) is 21.1 Å². The van der Waals surface area contributed by atoms with Gasteiger partial charge in [0.2, 0.25) is 8.41 Å². The molecular formula is C35H37ClFN5O5Si. The number of hydrogen-bond donors (Lipinski definition) is 1. The lowest BCUT2D eigenvalue weighted by Crippen LogP contribution is -2.45. The van der Waals surface area contributed by atoms with Gasteiger partial charge in [0.05, 0.1) is 29.7 Å². The van der Waals surface area contributed by atoms with Crippen LogP contribution < -0.4 is 14.5 Å². The average Bonchev–Trinajstić information content (AvgIpc) is 3.70. The summed E-state index contributed by atoms with van der Waals surface area (Å²) in [6.45, 7) is 5.87. The van der Waals surface area contributed by atoms with Crippen LogP contribution in [0.5, 0.6) is 5.75 Å². The molecule has 3 aliphatic heterocycles. The Hall–Kier alpha value is -4.10. The van der Waals surface area contributed by atoms with Gasteiger partial charge in [-0.2, -0.15) is 0 Å². The first-order valence-electron chi connectivity index (χ1n) is 16.1. The molecule has 0 unspecified atom stereocenters. The Morgan fingerprint density at radius 3 is 2.60 bits per heavy atom. The standard InChI is InChI=1S/C35H37ClFN5O5Si/c1-22-33(48(2,3)37)31(14-16-40-20-25(15-17-43)38-39-40)47-35(22)27-18-24(36)10-13-28(27)41(34(35)45)19-23-8-11-26(12-9-23)42-29-6-4-5-7-30(29)46-21-32(42)44/h4-13,18,20,22,31,33,43H,14-17,19,21H2,1-3H3/t22-,31+,33-,35+/m0/s1. The van der Waals surface area contributed by atoms with Crippen molar-refractivity contribution in [3.63, 3.8) is 0 Å². The van der Waals surface area contributed by atoms with E-state index in [0.29, 0.717) is 58.5 Å². The van der Waals surface area contributed by atoms with Gasteiger partial charge in [0.1, 0.15) is 5.75 Å². The molecule has 3 aliphatic rings. The number of halogens is 2. The zero-order chi connectivity index (χ0) is 33.8. The predicted octanol–water partition coefficient (Wildman–Crippen LogP) is 5.94. The van der Waals surface area contributed by atoms with E-state index in [-0.39, 0.29) is 31.6 Å². The highest BCUT2D eigenvalue weighted by molar-refractivity contribution is 6.72. The highest BCUT2D eigenvalue weighted by atomic mass is 35.5. The van der Waals surface area contributed by atoms with Crippen LogP contribution in [0.4, 0.5) is 21.2 Å². The van der Waals surface area contributed by atoms with Crippen molar-refractivity contribution in [3.8, 4) is 5.75 Å². The number of ether oxygens (including phenoxy) is 2. The van der Waals surface area contributed by atoms with Gasteiger partial charge >= 0.3 is 0 Å². The summed E-state index contributed by atoms with van der Waals surface area (Å²) in [4.78, 5) is 30.9. The molecule has 1 saturated heterocycles. The van der Waals surface area contributed by atoms with Crippen molar-refractivity contribution in [2.24, 2.45) is 5.92 Å². The summed E-state index contributed by atoms with van der Waals surface area (Å²) in [5, 5.41) is 18.0. The predicted molar refractivity (Wildman–Crippen MR) is 182 cm³/mol. The Bertz CT molecular complexity index is 1870. The highest BCUT2D eigenvalue weighted by Crippen LogP contribution is 2.60. The molecule has 0 aliphatic carbocycles. The minimum Gasteiger partial charge on any atom is -0.482 e. The monoisotopic (exact) mass is 689 g/mol. The fourth-order valence-electron chi connectivity index (χ4n) is 7.70. The van der Waals surface area contributed by atoms with Crippen LogP contribution in [0.2, 0.25) is 23.7 Å². The lowest BCUT2D eigenvalue weighted by molar-refractivity contribution is -0.146. The maximum atomic E-state index is 16.2. The van der Waals surface area contributed by atoms with E-state index in [1.165, 1.54) is 0 Å². The van der Waals surface area contributed by atoms with E-state index < -0.39 is 31.6 Å². The van der Waals surface area contributed by atoms with Gasteiger partial charge in [-0.05, 0) is 67.5 Å². The van der Waals surface area contributed by atoms with E-state index in [2.05, 4.69) is 10.3 Å². The van der Waals surface area contributed by atoms with Crippen LogP contribution >= 0.6 is 11.6 Å². The van der Waals surface area contributed by atoms with Gasteiger partial charge in [-0.15, -0.1) is 5.10 Å². The fraction of sp³-hybridized carbons (Fsp3) is 0.371. The van der Waals surface area contributed by atoms with Crippen LogP contribution in [0.3, 0.4) is 0 Å². The second-order valence-electron chi connectivity index (χ2n) is 13.2. The topological polar surface area (TPSA) is 110 Å². The molecule has 250 valence electrons. The van der Waals surface area contributed by atoms with E-state index in [1.54, 1.807) is 45.9 Å². The molecule has 1 fully saturated rings. The minimum atomic E-state index is -3.35. The molecule has 10 nitrogen and oxygen atoms in total. The van der Waals surface area contributed by atoms with Crippen molar-refractivity contribution in [2.45, 2.75) is 63.2 Å². The molecule has 0 bridgehead atoms. The molecule has 3 aromatic carbocycles. The fourth-order valence-corrected chi connectivity index (χ4v) is 10.4. The number of aromatic nitrogens is 3. The van der Waals surface area contributed by atoms with Crippen molar-refractivity contribution in [1.82, 2.24) is 15.0 Å². The molecule has 13 heteroatoms. The molecule has 1 aromatic heterocycles. The number of aliphatic hydroxyl groups is 1. The van der Waals surface area contributed by atoms with Crippen molar-refractivity contribution >= 4 is 48.9 Å². The summed E-state index contributed by atoms with van der Waals surface area (Å²) in [6.07, 6.45) is 2.07. The Balaban J connectivity index is 1.18. The Morgan fingerprint density at radius 2 is 1.85 bits per heavy atom. The number of carbonyl (C=O) groups is 2. The number of aryl methyl sites for hydroxylation is 1. The molecule has 2 amide bonds. The first-order chi connectivity index (χ1) is 23.0. The maximum absolute atomic E-state index is 16.2. The third kappa shape index (κ3) is 5.50. The number of anilines is 3. The van der Waals surface area contributed by atoms with Crippen LogP contribution in [0.15, 0.2) is 72.9 Å². The van der Waals surface area contributed by atoms with E-state index in [1.807, 2.05) is 61.5 Å². The van der Waals surface area contributed by atoms with Crippen LogP contribution in [-0.2, 0) is 39.4 Å². The number of fused-ring (bicyclic) bond motifs is 3. The zero-order valence-electron chi connectivity index (χ0n) is 27.0. The number of carbonyl (C=O) groups excluding carboxylic acids is 2. The van der Waals surface area contributed by atoms with E-state index in [9.17, 15) is 14.7 Å². The lowest BCUT2D eigenvalue weighted by atomic mass is 9.82. The van der Waals surface area contributed by atoms with Gasteiger partial charge in [-0.3, -0.25) is 19.2 Å². The summed E-state index contributed by atoms with van der Waals surface area (Å²) in [6, 6.07) is 20.3. The first-order valence-corrected chi connectivity index (χ1v) is 19.5. The highest BCUT2D eigenvalue weighted by Gasteiger charge is 2.66. The quantitative estimate of drug-likeness (QED) is 0.171. The van der Waals surface area contributed by atoms with Crippen LogP contribution in [0.25, 0.3) is 0 Å². The summed E-state index contributed by atoms with van der Waals surface area (Å²) in [5.74, 6) is -0.238. The Kier molecular flexibility index (Phi) is 8.39. The van der Waals surface area contributed by atoms with Gasteiger partial charge in [0, 0.05) is 53.5 Å². The van der Waals surface area contributed by atoms with Crippen molar-refractivity contribution in [1.29, 1.82) is 0 Å². The van der Waals surface area contributed by atoms with E-state index >= 15 is 4.11 Å². The third-order valence-electron chi connectivity index (χ3n) is 9.76. The van der Waals surface area contributed by atoms with Gasteiger partial charge in [0.25, 0.3) is 11.8 Å². The second kappa shape index (κ2) is 12.4. The van der Waals surface area contributed by atoms with Crippen LogP contribution in [-0.4, -0.2) is 59.6 Å². The largest absolute Gasteiger partial charge is 0.482 e. The molecule has 1 spiro atoms. The average molecular weight is 690 g/mol. The molecule has 4 heterocycles. The molecule has 1 N–H and O–H groups in total. The van der Waals surface area contributed by atoms with Crippen LogP contribution in [0.1, 0.15) is 30.2 Å². The summed E-state index contributed by atoms with van der Waals surface area (Å²) < 4.78 is 30.3. The normalized spacial score (nSPS) is 23.5. The SMILES string of the molecule is C[C@H]1[C@H]([Si](C)(C)F)[C@@H](CCn2cc(CCO)nn2)O[C@]12C(=O)N(Cc1ccc(N3C(=O)COc4ccccc43)cc1)c1ccc(Cl)cc12. The van der Waals surface area contributed by atoms with Gasteiger partial charge < -0.3 is 23.6 Å². The maximum Gasteiger partial charge on any atom is 0.269 e. The molecule has 0 saturated carbocycles. The minimum absolute atomic E-state index is 0.0268. The number of amides is 2. The molecule has 0 radical (unpaired) electrons. The number of rotatable bonds is 9. The number of aliphatic hydroxyl groups excluding tert-OH is 1. The second-order valence-corrected chi connectivity index (χ2v) is 17.4. The molecule has 7 rings (SSSR count). The number of benzene rings is 3. The van der Waals surface area contributed by atoms with Crippen molar-refractivity contribution in [3.05, 3.63) is 94.8 Å². The molecule has 4 aromatic rings.